The van der Waals surface area contributed by atoms with Gasteiger partial charge in [0.05, 0.1) is 0 Å². The van der Waals surface area contributed by atoms with Crippen molar-refractivity contribution >= 4 is 5.91 Å². The van der Waals surface area contributed by atoms with Gasteiger partial charge in [0.1, 0.15) is 6.54 Å². The Morgan fingerprint density at radius 1 is 1.32 bits per heavy atom. The predicted molar refractivity (Wildman–Crippen MR) is 96.1 cm³/mol. The maximum Gasteiger partial charge on any atom is 0.250 e. The third-order valence-electron chi connectivity index (χ3n) is 4.94. The molecular weight excluding hydrogens is 316 g/mol. The molecule has 2 aromatic rings. The van der Waals surface area contributed by atoms with Gasteiger partial charge in [-0.15, -0.1) is 0 Å². The molecule has 0 aliphatic carbocycles. The fourth-order valence-corrected chi connectivity index (χ4v) is 3.61. The summed E-state index contributed by atoms with van der Waals surface area (Å²) in [6, 6.07) is 9.23. The standard InChI is InChI=1S/C19H24N4O2/c1-21-11-8-16(19(21)15-6-5-9-20-12-15)13-22(2)18(25)14-23-10-4-3-7-17(23)24/h3-7,9-10,12,16,19H,8,11,13-14H2,1-2H3/t16-,19-/m0/s1. The largest absolute Gasteiger partial charge is 0.344 e. The Morgan fingerprint density at radius 3 is 2.88 bits per heavy atom. The minimum absolute atomic E-state index is 0.0483. The number of nitrogens with zero attached hydrogens (tertiary/aromatic N) is 4. The van der Waals surface area contributed by atoms with E-state index in [0.717, 1.165) is 13.0 Å². The number of hydrogen-bond donors (Lipinski definition) is 0. The highest BCUT2D eigenvalue weighted by molar-refractivity contribution is 5.75. The molecule has 1 saturated heterocycles. The topological polar surface area (TPSA) is 58.4 Å². The molecule has 0 N–H and O–H groups in total. The van der Waals surface area contributed by atoms with Gasteiger partial charge < -0.3 is 9.47 Å². The van der Waals surface area contributed by atoms with E-state index in [9.17, 15) is 9.59 Å². The molecule has 0 aromatic carbocycles. The van der Waals surface area contributed by atoms with Gasteiger partial charge in [-0.05, 0) is 43.6 Å². The van der Waals surface area contributed by atoms with E-state index >= 15 is 0 Å². The van der Waals surface area contributed by atoms with Crippen molar-refractivity contribution in [2.24, 2.45) is 5.92 Å². The Labute approximate surface area is 147 Å². The number of carbonyl (C=O) groups is 1. The number of aromatic nitrogens is 2. The van der Waals surface area contributed by atoms with Gasteiger partial charge in [0.2, 0.25) is 5.91 Å². The number of hydrogen-bond acceptors (Lipinski definition) is 4. The van der Waals surface area contributed by atoms with E-state index in [1.807, 2.05) is 19.3 Å². The molecule has 25 heavy (non-hydrogen) atoms. The minimum Gasteiger partial charge on any atom is -0.344 e. The van der Waals surface area contributed by atoms with Crippen LogP contribution in [0.15, 0.2) is 53.7 Å². The molecular formula is C19H24N4O2. The van der Waals surface area contributed by atoms with Crippen LogP contribution in [-0.4, -0.2) is 52.4 Å². The van der Waals surface area contributed by atoms with Crippen molar-refractivity contribution in [3.8, 4) is 0 Å². The van der Waals surface area contributed by atoms with Crippen LogP contribution in [0.5, 0.6) is 0 Å². The molecule has 1 aliphatic heterocycles. The lowest BCUT2D eigenvalue weighted by atomic mass is 9.94. The van der Waals surface area contributed by atoms with E-state index < -0.39 is 0 Å². The molecule has 0 unspecified atom stereocenters. The van der Waals surface area contributed by atoms with E-state index in [-0.39, 0.29) is 24.1 Å². The number of carbonyl (C=O) groups excluding carboxylic acids is 1. The third-order valence-corrected chi connectivity index (χ3v) is 4.94. The Balaban J connectivity index is 1.67. The first-order chi connectivity index (χ1) is 12.1. The fourth-order valence-electron chi connectivity index (χ4n) is 3.61. The van der Waals surface area contributed by atoms with Gasteiger partial charge >= 0.3 is 0 Å². The van der Waals surface area contributed by atoms with Gasteiger partial charge in [-0.25, -0.2) is 0 Å². The monoisotopic (exact) mass is 340 g/mol. The quantitative estimate of drug-likeness (QED) is 0.825. The molecule has 1 amide bonds. The Morgan fingerprint density at radius 2 is 2.16 bits per heavy atom. The molecule has 132 valence electrons. The lowest BCUT2D eigenvalue weighted by molar-refractivity contribution is -0.131. The zero-order valence-corrected chi connectivity index (χ0v) is 14.7. The molecule has 0 radical (unpaired) electrons. The predicted octanol–water partition coefficient (Wildman–Crippen LogP) is 1.39. The summed E-state index contributed by atoms with van der Waals surface area (Å²) in [5.41, 5.74) is 1.03. The van der Waals surface area contributed by atoms with Crippen LogP contribution in [0.4, 0.5) is 0 Å². The summed E-state index contributed by atoms with van der Waals surface area (Å²) in [5.74, 6) is 0.309. The summed E-state index contributed by atoms with van der Waals surface area (Å²) in [5, 5.41) is 0. The highest BCUT2D eigenvalue weighted by Gasteiger charge is 2.34. The SMILES string of the molecule is CN(C[C@@H]1CCN(C)[C@H]1c1cccnc1)C(=O)Cn1ccccc1=O. The average molecular weight is 340 g/mol. The van der Waals surface area contributed by atoms with Crippen LogP contribution in [0.3, 0.4) is 0 Å². The minimum atomic E-state index is -0.155. The molecule has 0 spiro atoms. The first kappa shape index (κ1) is 17.4. The van der Waals surface area contributed by atoms with Crippen molar-refractivity contribution in [1.29, 1.82) is 0 Å². The van der Waals surface area contributed by atoms with Gasteiger partial charge in [0, 0.05) is 44.3 Å². The Hall–Kier alpha value is -2.47. The van der Waals surface area contributed by atoms with Crippen molar-refractivity contribution in [3.63, 3.8) is 0 Å². The van der Waals surface area contributed by atoms with Crippen molar-refractivity contribution < 1.29 is 4.79 Å². The molecule has 0 saturated carbocycles. The van der Waals surface area contributed by atoms with Crippen molar-refractivity contribution in [1.82, 2.24) is 19.4 Å². The molecule has 3 heterocycles. The lowest BCUT2D eigenvalue weighted by Crippen LogP contribution is -2.37. The van der Waals surface area contributed by atoms with Gasteiger partial charge in [0.15, 0.2) is 0 Å². The van der Waals surface area contributed by atoms with Crippen LogP contribution in [0.25, 0.3) is 0 Å². The number of pyridine rings is 2. The average Bonchev–Trinajstić information content (AvgIpc) is 2.98. The zero-order chi connectivity index (χ0) is 17.8. The summed E-state index contributed by atoms with van der Waals surface area (Å²) in [4.78, 5) is 32.6. The van der Waals surface area contributed by atoms with Crippen molar-refractivity contribution in [3.05, 3.63) is 64.8 Å². The van der Waals surface area contributed by atoms with Crippen LogP contribution in [0.2, 0.25) is 0 Å². The molecule has 2 atom stereocenters. The summed E-state index contributed by atoms with van der Waals surface area (Å²) < 4.78 is 1.44. The Bertz CT molecular complexity index is 774. The molecule has 1 fully saturated rings. The number of likely N-dealkylation sites (N-methyl/N-ethyl adjacent to an activating group) is 1. The van der Waals surface area contributed by atoms with E-state index in [0.29, 0.717) is 12.5 Å². The van der Waals surface area contributed by atoms with Crippen LogP contribution in [-0.2, 0) is 11.3 Å². The highest BCUT2D eigenvalue weighted by atomic mass is 16.2. The smallest absolute Gasteiger partial charge is 0.250 e. The van der Waals surface area contributed by atoms with Gasteiger partial charge in [-0.3, -0.25) is 19.5 Å². The molecule has 3 rings (SSSR count). The van der Waals surface area contributed by atoms with E-state index in [1.54, 1.807) is 29.4 Å². The van der Waals surface area contributed by atoms with E-state index in [2.05, 4.69) is 23.0 Å². The van der Waals surface area contributed by atoms with Crippen molar-refractivity contribution in [2.45, 2.75) is 19.0 Å². The number of rotatable bonds is 5. The van der Waals surface area contributed by atoms with E-state index in [4.69, 9.17) is 0 Å². The van der Waals surface area contributed by atoms with Crippen LogP contribution in [0, 0.1) is 5.92 Å². The fraction of sp³-hybridized carbons (Fsp3) is 0.421. The first-order valence-electron chi connectivity index (χ1n) is 8.56. The van der Waals surface area contributed by atoms with Crippen molar-refractivity contribution in [2.75, 3.05) is 27.2 Å². The molecule has 0 bridgehead atoms. The zero-order valence-electron chi connectivity index (χ0n) is 14.7. The van der Waals surface area contributed by atoms with Crippen LogP contribution >= 0.6 is 0 Å². The normalized spacial score (nSPS) is 20.6. The second kappa shape index (κ2) is 7.61. The maximum absolute atomic E-state index is 12.5. The second-order valence-electron chi connectivity index (χ2n) is 6.70. The summed E-state index contributed by atoms with van der Waals surface area (Å²) in [6.07, 6.45) is 6.38. The lowest BCUT2D eigenvalue weighted by Gasteiger charge is -2.28. The maximum atomic E-state index is 12.5. The number of amides is 1. The second-order valence-corrected chi connectivity index (χ2v) is 6.70. The molecule has 6 nitrogen and oxygen atoms in total. The first-order valence-corrected chi connectivity index (χ1v) is 8.56. The van der Waals surface area contributed by atoms with E-state index in [1.165, 1.54) is 16.2 Å². The van der Waals surface area contributed by atoms with Gasteiger partial charge in [-0.1, -0.05) is 12.1 Å². The van der Waals surface area contributed by atoms with Crippen LogP contribution in [0.1, 0.15) is 18.0 Å². The summed E-state index contributed by atoms with van der Waals surface area (Å²) >= 11 is 0. The molecule has 1 aliphatic rings. The molecule has 2 aromatic heterocycles. The molecule has 6 heteroatoms. The highest BCUT2D eigenvalue weighted by Crippen LogP contribution is 2.36. The van der Waals surface area contributed by atoms with Crippen LogP contribution < -0.4 is 5.56 Å². The number of likely N-dealkylation sites (tertiary alicyclic amines) is 1. The van der Waals surface area contributed by atoms with Gasteiger partial charge in [-0.2, -0.15) is 0 Å². The summed E-state index contributed by atoms with van der Waals surface area (Å²) in [7, 11) is 3.93. The van der Waals surface area contributed by atoms with Gasteiger partial charge in [0.25, 0.3) is 5.56 Å². The summed E-state index contributed by atoms with van der Waals surface area (Å²) in [6.45, 7) is 1.75. The Kier molecular flexibility index (Phi) is 5.28. The third kappa shape index (κ3) is 3.96.